The van der Waals surface area contributed by atoms with Crippen molar-refractivity contribution in [2.45, 2.75) is 0 Å². The third-order valence-corrected chi connectivity index (χ3v) is 3.80. The van der Waals surface area contributed by atoms with Gasteiger partial charge in [0.2, 0.25) is 0 Å². The zero-order valence-electron chi connectivity index (χ0n) is 12.5. The number of methoxy groups -OCH3 is 1. The Bertz CT molecular complexity index is 986. The van der Waals surface area contributed by atoms with Crippen LogP contribution >= 0.6 is 11.6 Å². The molecule has 0 aliphatic rings. The number of nitriles is 1. The third-order valence-electron chi connectivity index (χ3n) is 3.50. The molecule has 0 radical (unpaired) electrons. The van der Waals surface area contributed by atoms with Crippen LogP contribution in [0.15, 0.2) is 36.5 Å². The van der Waals surface area contributed by atoms with Crippen LogP contribution in [0.2, 0.25) is 5.02 Å². The minimum atomic E-state index is -0.658. The summed E-state index contributed by atoms with van der Waals surface area (Å²) in [7, 11) is 1.51. The number of fused-ring (bicyclic) bond motifs is 1. The van der Waals surface area contributed by atoms with Crippen LogP contribution in [0.4, 0.5) is 15.8 Å². The van der Waals surface area contributed by atoms with Crippen LogP contribution in [0.3, 0.4) is 0 Å². The molecule has 0 spiro atoms. The minimum absolute atomic E-state index is 0.0104. The standard InChI is InChI=1S/C17H11ClFN3O2/c1-24-15-4-2-3-10-16(9(7-20)8-21-17(10)15)22-13-6-14(23)11(18)5-12(13)19/h2-6,8,23H,1H3,(H,21,22). The van der Waals surface area contributed by atoms with Crippen LogP contribution in [-0.2, 0) is 0 Å². The van der Waals surface area contributed by atoms with Gasteiger partial charge in [-0.15, -0.1) is 0 Å². The fourth-order valence-electron chi connectivity index (χ4n) is 2.35. The number of halogens is 2. The molecule has 2 aromatic carbocycles. The number of hydrogen-bond donors (Lipinski definition) is 2. The second-order valence-corrected chi connectivity index (χ2v) is 5.33. The van der Waals surface area contributed by atoms with Crippen LogP contribution in [-0.4, -0.2) is 17.2 Å². The van der Waals surface area contributed by atoms with Crippen molar-refractivity contribution in [2.75, 3.05) is 12.4 Å². The van der Waals surface area contributed by atoms with Crippen molar-refractivity contribution >= 4 is 33.9 Å². The Morgan fingerprint density at radius 2 is 2.17 bits per heavy atom. The van der Waals surface area contributed by atoms with E-state index < -0.39 is 5.82 Å². The van der Waals surface area contributed by atoms with E-state index in [2.05, 4.69) is 10.3 Å². The van der Waals surface area contributed by atoms with Crippen molar-refractivity contribution in [1.82, 2.24) is 4.98 Å². The zero-order valence-corrected chi connectivity index (χ0v) is 13.2. The summed E-state index contributed by atoms with van der Waals surface area (Å²) in [5.41, 5.74) is 1.11. The first-order valence-electron chi connectivity index (χ1n) is 6.86. The van der Waals surface area contributed by atoms with Crippen molar-refractivity contribution < 1.29 is 14.2 Å². The van der Waals surface area contributed by atoms with Crippen LogP contribution < -0.4 is 10.1 Å². The summed E-state index contributed by atoms with van der Waals surface area (Å²) in [6.07, 6.45) is 1.38. The van der Waals surface area contributed by atoms with Gasteiger partial charge in [0.05, 0.1) is 29.1 Å². The number of phenols is 1. The van der Waals surface area contributed by atoms with E-state index in [1.54, 1.807) is 18.2 Å². The van der Waals surface area contributed by atoms with Gasteiger partial charge in [-0.2, -0.15) is 5.26 Å². The van der Waals surface area contributed by atoms with Crippen molar-refractivity contribution in [3.8, 4) is 17.6 Å². The normalized spacial score (nSPS) is 10.4. The Labute approximate surface area is 141 Å². The van der Waals surface area contributed by atoms with Crippen LogP contribution in [0.1, 0.15) is 5.56 Å². The molecule has 0 amide bonds. The van der Waals surface area contributed by atoms with Gasteiger partial charge in [0.25, 0.3) is 0 Å². The fraction of sp³-hybridized carbons (Fsp3) is 0.0588. The number of nitrogens with zero attached hydrogens (tertiary/aromatic N) is 2. The minimum Gasteiger partial charge on any atom is -0.506 e. The molecule has 2 N–H and O–H groups in total. The van der Waals surface area contributed by atoms with E-state index in [-0.39, 0.29) is 22.0 Å². The first-order chi connectivity index (χ1) is 11.5. The quantitative estimate of drug-likeness (QED) is 0.739. The molecule has 120 valence electrons. The number of nitrogens with one attached hydrogen (secondary N) is 1. The van der Waals surface area contributed by atoms with Crippen LogP contribution in [0, 0.1) is 17.1 Å². The summed E-state index contributed by atoms with van der Waals surface area (Å²) < 4.78 is 19.4. The summed E-state index contributed by atoms with van der Waals surface area (Å²) >= 11 is 5.69. The number of hydrogen-bond acceptors (Lipinski definition) is 5. The number of rotatable bonds is 3. The van der Waals surface area contributed by atoms with Crippen molar-refractivity contribution in [3.63, 3.8) is 0 Å². The molecular formula is C17H11ClFN3O2. The fourth-order valence-corrected chi connectivity index (χ4v) is 2.50. The highest BCUT2D eigenvalue weighted by Gasteiger charge is 2.15. The molecule has 3 aromatic rings. The molecule has 24 heavy (non-hydrogen) atoms. The molecule has 0 aliphatic heterocycles. The Hall–Kier alpha value is -3.04. The average molecular weight is 344 g/mol. The third kappa shape index (κ3) is 2.66. The summed E-state index contributed by atoms with van der Waals surface area (Å²) in [5.74, 6) is -0.399. The Balaban J connectivity index is 2.22. The van der Waals surface area contributed by atoms with Crippen LogP contribution in [0.25, 0.3) is 10.9 Å². The molecule has 0 atom stereocenters. The lowest BCUT2D eigenvalue weighted by molar-refractivity contribution is 0.419. The number of phenolic OH excluding ortho intramolecular Hbond substituents is 1. The highest BCUT2D eigenvalue weighted by molar-refractivity contribution is 6.32. The van der Waals surface area contributed by atoms with E-state index in [0.29, 0.717) is 22.3 Å². The van der Waals surface area contributed by atoms with Gasteiger partial charge in [-0.05, 0) is 12.1 Å². The molecule has 0 fully saturated rings. The monoisotopic (exact) mass is 343 g/mol. The molecule has 1 aromatic heterocycles. The van der Waals surface area contributed by atoms with Crippen molar-refractivity contribution in [3.05, 3.63) is 52.9 Å². The van der Waals surface area contributed by atoms with Gasteiger partial charge < -0.3 is 15.2 Å². The Morgan fingerprint density at radius 3 is 2.88 bits per heavy atom. The average Bonchev–Trinajstić information content (AvgIpc) is 2.59. The maximum atomic E-state index is 14.1. The van der Waals surface area contributed by atoms with Gasteiger partial charge in [-0.3, -0.25) is 4.98 Å². The predicted octanol–water partition coefficient (Wildman–Crippen LogP) is 4.36. The maximum absolute atomic E-state index is 14.1. The molecule has 0 saturated carbocycles. The first-order valence-corrected chi connectivity index (χ1v) is 7.23. The van der Waals surface area contributed by atoms with Gasteiger partial charge in [0.1, 0.15) is 28.9 Å². The first kappa shape index (κ1) is 15.8. The smallest absolute Gasteiger partial charge is 0.148 e. The lowest BCUT2D eigenvalue weighted by atomic mass is 10.1. The second-order valence-electron chi connectivity index (χ2n) is 4.92. The highest BCUT2D eigenvalue weighted by atomic mass is 35.5. The lowest BCUT2D eigenvalue weighted by Crippen LogP contribution is -2.00. The molecule has 0 bridgehead atoms. The zero-order chi connectivity index (χ0) is 17.3. The summed E-state index contributed by atoms with van der Waals surface area (Å²) in [4.78, 5) is 4.23. The van der Waals surface area contributed by atoms with E-state index in [1.165, 1.54) is 13.3 Å². The summed E-state index contributed by atoms with van der Waals surface area (Å²) in [6, 6.07) is 9.38. The molecule has 3 rings (SSSR count). The van der Waals surface area contributed by atoms with E-state index in [9.17, 15) is 14.8 Å². The molecule has 0 saturated heterocycles. The van der Waals surface area contributed by atoms with E-state index >= 15 is 0 Å². The van der Waals surface area contributed by atoms with Crippen LogP contribution in [0.5, 0.6) is 11.5 Å². The van der Waals surface area contributed by atoms with E-state index in [1.807, 2.05) is 6.07 Å². The number of pyridine rings is 1. The predicted molar refractivity (Wildman–Crippen MR) is 89.4 cm³/mol. The molecule has 7 heteroatoms. The molecular weight excluding hydrogens is 333 g/mol. The molecule has 5 nitrogen and oxygen atoms in total. The number of aromatic nitrogens is 1. The largest absolute Gasteiger partial charge is 0.506 e. The molecule has 1 heterocycles. The number of para-hydroxylation sites is 1. The number of aromatic hydroxyl groups is 1. The topological polar surface area (TPSA) is 78.2 Å². The van der Waals surface area contributed by atoms with Gasteiger partial charge in [0, 0.05) is 17.6 Å². The summed E-state index contributed by atoms with van der Waals surface area (Å²) in [5, 5.41) is 22.3. The number of anilines is 2. The Morgan fingerprint density at radius 1 is 1.38 bits per heavy atom. The lowest BCUT2D eigenvalue weighted by Gasteiger charge is -2.14. The molecule has 0 unspecified atom stereocenters. The van der Waals surface area contributed by atoms with Gasteiger partial charge in [-0.25, -0.2) is 4.39 Å². The Kier molecular flexibility index (Phi) is 4.11. The van der Waals surface area contributed by atoms with Crippen molar-refractivity contribution in [1.29, 1.82) is 5.26 Å². The number of benzene rings is 2. The van der Waals surface area contributed by atoms with Gasteiger partial charge in [0.15, 0.2) is 0 Å². The SMILES string of the molecule is COc1cccc2c(Nc3cc(O)c(Cl)cc3F)c(C#N)cnc12. The van der Waals surface area contributed by atoms with Crippen molar-refractivity contribution in [2.24, 2.45) is 0 Å². The highest BCUT2D eigenvalue weighted by Crippen LogP contribution is 2.36. The molecule has 0 aliphatic carbocycles. The second kappa shape index (κ2) is 6.22. The maximum Gasteiger partial charge on any atom is 0.148 e. The van der Waals surface area contributed by atoms with Gasteiger partial charge >= 0.3 is 0 Å². The van der Waals surface area contributed by atoms with E-state index in [0.717, 1.165) is 12.1 Å². The van der Waals surface area contributed by atoms with Gasteiger partial charge in [-0.1, -0.05) is 23.7 Å². The number of ether oxygens (including phenoxy) is 1. The summed E-state index contributed by atoms with van der Waals surface area (Å²) in [6.45, 7) is 0. The van der Waals surface area contributed by atoms with E-state index in [4.69, 9.17) is 16.3 Å².